The number of ether oxygens (including phenoxy) is 1. The third-order valence-corrected chi connectivity index (χ3v) is 3.99. The van der Waals surface area contributed by atoms with Crippen LogP contribution in [0.25, 0.3) is 0 Å². The van der Waals surface area contributed by atoms with Gasteiger partial charge >= 0.3 is 5.97 Å². The quantitative estimate of drug-likeness (QED) is 0.217. The Morgan fingerprint density at radius 2 is 2.08 bits per heavy atom. The van der Waals surface area contributed by atoms with Crippen molar-refractivity contribution in [3.8, 4) is 0 Å². The topological polar surface area (TPSA) is 125 Å². The van der Waals surface area contributed by atoms with Crippen molar-refractivity contribution in [1.82, 2.24) is 0 Å². The van der Waals surface area contributed by atoms with E-state index in [2.05, 4.69) is 14.2 Å². The summed E-state index contributed by atoms with van der Waals surface area (Å²) in [5.74, 6) is -0.464. The van der Waals surface area contributed by atoms with Gasteiger partial charge in [-0.2, -0.15) is 8.42 Å². The molecule has 0 bridgehead atoms. The zero-order chi connectivity index (χ0) is 19.0. The summed E-state index contributed by atoms with van der Waals surface area (Å²) < 4.78 is 31.0. The molecular formula is C15H22N2O7S. The maximum absolute atomic E-state index is 11.6. The van der Waals surface area contributed by atoms with Crippen LogP contribution in [0.3, 0.4) is 0 Å². The fraction of sp³-hybridized carbons (Fsp3) is 0.533. The second kappa shape index (κ2) is 9.33. The summed E-state index contributed by atoms with van der Waals surface area (Å²) >= 11 is 0. The van der Waals surface area contributed by atoms with Gasteiger partial charge in [-0.15, -0.1) is 0 Å². The first-order valence-corrected chi connectivity index (χ1v) is 9.40. The van der Waals surface area contributed by atoms with Gasteiger partial charge in [-0.25, -0.2) is 4.79 Å². The van der Waals surface area contributed by atoms with Gasteiger partial charge in [0.1, 0.15) is 5.69 Å². The van der Waals surface area contributed by atoms with E-state index in [-0.39, 0.29) is 29.5 Å². The predicted octanol–water partition coefficient (Wildman–Crippen LogP) is 2.19. The molecule has 0 amide bonds. The van der Waals surface area contributed by atoms with Crippen LogP contribution in [0.1, 0.15) is 30.1 Å². The number of rotatable bonds is 10. The minimum absolute atomic E-state index is 0.0984. The number of nitro benzene ring substituents is 1. The number of carbonyl (C=O) groups is 1. The number of carbonyl (C=O) groups excluding carboxylic acids is 1. The molecule has 1 aromatic rings. The Kier molecular flexibility index (Phi) is 7.78. The van der Waals surface area contributed by atoms with E-state index in [1.165, 1.54) is 25.3 Å². The van der Waals surface area contributed by atoms with Gasteiger partial charge in [-0.1, -0.05) is 6.92 Å². The highest BCUT2D eigenvalue weighted by Gasteiger charge is 2.17. The number of hydrogen-bond donors (Lipinski definition) is 1. The first-order valence-electron chi connectivity index (χ1n) is 7.59. The molecule has 0 heterocycles. The van der Waals surface area contributed by atoms with Gasteiger partial charge in [0.15, 0.2) is 0 Å². The summed E-state index contributed by atoms with van der Waals surface area (Å²) in [7, 11) is -2.21. The molecule has 25 heavy (non-hydrogen) atoms. The number of methoxy groups -OCH3 is 1. The molecule has 0 spiro atoms. The maximum Gasteiger partial charge on any atom is 0.337 e. The number of esters is 1. The zero-order valence-corrected chi connectivity index (χ0v) is 15.2. The van der Waals surface area contributed by atoms with Crippen LogP contribution in [0.2, 0.25) is 0 Å². The minimum Gasteiger partial charge on any atom is -0.465 e. The van der Waals surface area contributed by atoms with E-state index >= 15 is 0 Å². The van der Waals surface area contributed by atoms with E-state index in [4.69, 9.17) is 0 Å². The highest BCUT2D eigenvalue weighted by molar-refractivity contribution is 7.85. The Morgan fingerprint density at radius 1 is 1.40 bits per heavy atom. The Morgan fingerprint density at radius 3 is 2.64 bits per heavy atom. The fourth-order valence-electron chi connectivity index (χ4n) is 2.11. The van der Waals surface area contributed by atoms with Crippen LogP contribution < -0.4 is 5.32 Å². The van der Waals surface area contributed by atoms with Gasteiger partial charge in [-0.05, 0) is 30.9 Å². The van der Waals surface area contributed by atoms with Gasteiger partial charge in [0.25, 0.3) is 15.8 Å². The molecule has 0 aliphatic heterocycles. The number of nitro groups is 1. The van der Waals surface area contributed by atoms with Crippen molar-refractivity contribution in [3.63, 3.8) is 0 Å². The van der Waals surface area contributed by atoms with E-state index < -0.39 is 21.0 Å². The molecule has 0 unspecified atom stereocenters. The lowest BCUT2D eigenvalue weighted by Crippen LogP contribution is -2.14. The van der Waals surface area contributed by atoms with Crippen molar-refractivity contribution in [2.45, 2.75) is 19.8 Å². The fourth-order valence-corrected chi connectivity index (χ4v) is 2.53. The van der Waals surface area contributed by atoms with E-state index in [1.807, 2.05) is 6.92 Å². The van der Waals surface area contributed by atoms with Gasteiger partial charge in [-0.3, -0.25) is 14.3 Å². The molecule has 0 fully saturated rings. The Hall–Kier alpha value is -2.20. The Balaban J connectivity index is 2.65. The average Bonchev–Trinajstić information content (AvgIpc) is 2.54. The third kappa shape index (κ3) is 7.48. The molecule has 0 aliphatic rings. The van der Waals surface area contributed by atoms with E-state index in [1.54, 1.807) is 0 Å². The van der Waals surface area contributed by atoms with Crippen molar-refractivity contribution in [3.05, 3.63) is 33.9 Å². The summed E-state index contributed by atoms with van der Waals surface area (Å²) in [6.45, 7) is 2.44. The van der Waals surface area contributed by atoms with E-state index in [9.17, 15) is 23.3 Å². The van der Waals surface area contributed by atoms with Crippen LogP contribution >= 0.6 is 0 Å². The van der Waals surface area contributed by atoms with Gasteiger partial charge in [0.05, 0.1) is 30.5 Å². The van der Waals surface area contributed by atoms with Crippen LogP contribution in [0.4, 0.5) is 11.4 Å². The Labute approximate surface area is 146 Å². The zero-order valence-electron chi connectivity index (χ0n) is 14.4. The van der Waals surface area contributed by atoms with Crippen LogP contribution in [-0.4, -0.2) is 45.8 Å². The predicted molar refractivity (Wildman–Crippen MR) is 92.1 cm³/mol. The van der Waals surface area contributed by atoms with Crippen LogP contribution in [0.5, 0.6) is 0 Å². The van der Waals surface area contributed by atoms with Crippen molar-refractivity contribution < 1.29 is 27.1 Å². The minimum atomic E-state index is -3.44. The number of nitrogens with one attached hydrogen (secondary N) is 1. The van der Waals surface area contributed by atoms with Crippen LogP contribution in [-0.2, 0) is 19.0 Å². The van der Waals surface area contributed by atoms with Gasteiger partial charge in [0, 0.05) is 12.6 Å². The third-order valence-electron chi connectivity index (χ3n) is 3.39. The van der Waals surface area contributed by atoms with Crippen LogP contribution in [0, 0.1) is 16.0 Å². The Bertz CT molecular complexity index is 719. The molecule has 1 aromatic carbocycles. The molecule has 1 rings (SSSR count). The summed E-state index contributed by atoms with van der Waals surface area (Å²) in [6, 6.07) is 3.96. The van der Waals surface area contributed by atoms with E-state index in [0.29, 0.717) is 19.4 Å². The first kappa shape index (κ1) is 20.8. The standard InChI is InChI=1S/C15H22N2O7S/c1-11(5-4-8-24-25(3,21)22)10-16-13-9-12(15(18)23-2)6-7-14(13)17(19)20/h6-7,9,11,16H,4-5,8,10H2,1-3H3/t11-/m1/s1. The molecule has 9 nitrogen and oxygen atoms in total. The molecule has 0 aromatic heterocycles. The SMILES string of the molecule is COC(=O)c1ccc([N+](=O)[O-])c(NC[C@H](C)CCCOS(C)(=O)=O)c1. The lowest BCUT2D eigenvalue weighted by molar-refractivity contribution is -0.384. The highest BCUT2D eigenvalue weighted by Crippen LogP contribution is 2.26. The van der Waals surface area contributed by atoms with E-state index in [0.717, 1.165) is 6.26 Å². The lowest BCUT2D eigenvalue weighted by atomic mass is 10.1. The number of nitrogens with zero attached hydrogens (tertiary/aromatic N) is 1. The molecule has 10 heteroatoms. The molecule has 1 N–H and O–H groups in total. The van der Waals surface area contributed by atoms with Crippen molar-refractivity contribution in [2.24, 2.45) is 5.92 Å². The van der Waals surface area contributed by atoms with Crippen molar-refractivity contribution in [2.75, 3.05) is 31.8 Å². The summed E-state index contributed by atoms with van der Waals surface area (Å²) in [5, 5.41) is 14.1. The van der Waals surface area contributed by atoms with Crippen molar-refractivity contribution in [1.29, 1.82) is 0 Å². The smallest absolute Gasteiger partial charge is 0.337 e. The molecule has 0 saturated carbocycles. The normalized spacial score (nSPS) is 12.4. The summed E-state index contributed by atoms with van der Waals surface area (Å²) in [4.78, 5) is 22.1. The average molecular weight is 374 g/mol. The van der Waals surface area contributed by atoms with Gasteiger partial charge < -0.3 is 10.1 Å². The number of anilines is 1. The molecule has 0 saturated heterocycles. The first-order chi connectivity index (χ1) is 11.6. The lowest BCUT2D eigenvalue weighted by Gasteiger charge is -2.14. The molecule has 140 valence electrons. The molecule has 0 aliphatic carbocycles. The maximum atomic E-state index is 11.6. The van der Waals surface area contributed by atoms with Gasteiger partial charge in [0.2, 0.25) is 0 Å². The second-order valence-electron chi connectivity index (χ2n) is 5.64. The van der Waals surface area contributed by atoms with Crippen molar-refractivity contribution >= 4 is 27.5 Å². The second-order valence-corrected chi connectivity index (χ2v) is 7.28. The van der Waals surface area contributed by atoms with Crippen LogP contribution in [0.15, 0.2) is 18.2 Å². The number of benzene rings is 1. The highest BCUT2D eigenvalue weighted by atomic mass is 32.2. The monoisotopic (exact) mass is 374 g/mol. The molecule has 1 atom stereocenters. The summed E-state index contributed by atoms with van der Waals surface area (Å²) in [5.41, 5.74) is 0.303. The largest absolute Gasteiger partial charge is 0.465 e. The summed E-state index contributed by atoms with van der Waals surface area (Å²) in [6.07, 6.45) is 2.21. The molecular weight excluding hydrogens is 352 g/mol. The number of hydrogen-bond acceptors (Lipinski definition) is 8. The molecule has 0 radical (unpaired) electrons.